The summed E-state index contributed by atoms with van der Waals surface area (Å²) in [6.07, 6.45) is 5.46. The van der Waals surface area contributed by atoms with Gasteiger partial charge in [-0.3, -0.25) is 14.6 Å². The second-order valence-electron chi connectivity index (χ2n) is 6.60. The maximum absolute atomic E-state index is 12.1. The molecule has 188 valence electrons. The molecule has 3 N–H and O–H groups in total. The zero-order chi connectivity index (χ0) is 26.5. The number of carbonyl (C=O) groups is 3. The van der Waals surface area contributed by atoms with Gasteiger partial charge in [0.05, 0.1) is 6.54 Å². The Morgan fingerprint density at radius 2 is 1.71 bits per heavy atom. The monoisotopic (exact) mass is 515 g/mol. The summed E-state index contributed by atoms with van der Waals surface area (Å²) in [7, 11) is 1.59. The fraction of sp³-hybridized carbons (Fsp3) is 0.231. The number of nitrogens with zero attached hydrogens (tertiary/aromatic N) is 1. The first-order valence-corrected chi connectivity index (χ1v) is 12.8. The average molecular weight is 516 g/mol. The highest BCUT2D eigenvalue weighted by atomic mass is 32.2. The molecule has 0 atom stereocenters. The van der Waals surface area contributed by atoms with Gasteiger partial charge in [0.25, 0.3) is 5.24 Å². The number of nitrogens with one attached hydrogen (secondary N) is 2. The molecular weight excluding hydrogens is 482 g/mol. The fourth-order valence-corrected chi connectivity index (χ4v) is 3.08. The number of rotatable bonds is 6. The summed E-state index contributed by atoms with van der Waals surface area (Å²) < 4.78 is 0. The molecule has 0 aliphatic heterocycles. The molecule has 1 heterocycles. The van der Waals surface area contributed by atoms with Crippen molar-refractivity contribution >= 4 is 47.2 Å². The van der Waals surface area contributed by atoms with Gasteiger partial charge in [0, 0.05) is 23.0 Å². The van der Waals surface area contributed by atoms with Crippen LogP contribution >= 0.6 is 23.5 Å². The lowest BCUT2D eigenvalue weighted by atomic mass is 10.00. The van der Waals surface area contributed by atoms with Gasteiger partial charge in [-0.05, 0) is 78.7 Å². The lowest BCUT2D eigenvalue weighted by Crippen LogP contribution is -2.16. The Labute approximate surface area is 216 Å². The number of aryl methyl sites for hydroxylation is 1. The number of benzene rings is 2. The number of carbonyl (C=O) groups excluding carboxylic acids is 2. The number of pyridine rings is 1. The molecule has 0 saturated heterocycles. The third kappa shape index (κ3) is 14.7. The first-order chi connectivity index (χ1) is 16.9. The van der Waals surface area contributed by atoms with Crippen LogP contribution in [0.25, 0.3) is 11.1 Å². The second-order valence-corrected chi connectivity index (χ2v) is 8.80. The van der Waals surface area contributed by atoms with Crippen LogP contribution in [0, 0.1) is 6.92 Å². The third-order valence-corrected chi connectivity index (χ3v) is 5.37. The summed E-state index contributed by atoms with van der Waals surface area (Å²) in [5.74, 6) is 0.414. The summed E-state index contributed by atoms with van der Waals surface area (Å²) in [6, 6.07) is 19.8. The van der Waals surface area contributed by atoms with Crippen molar-refractivity contribution in [2.24, 2.45) is 0 Å². The molecule has 0 bridgehead atoms. The summed E-state index contributed by atoms with van der Waals surface area (Å²) in [4.78, 5) is 34.5. The van der Waals surface area contributed by atoms with E-state index in [1.54, 1.807) is 19.4 Å². The quantitative estimate of drug-likeness (QED) is 0.351. The molecule has 0 spiro atoms. The van der Waals surface area contributed by atoms with E-state index in [4.69, 9.17) is 9.90 Å². The zero-order valence-corrected chi connectivity index (χ0v) is 22.1. The van der Waals surface area contributed by atoms with Crippen molar-refractivity contribution < 1.29 is 19.5 Å². The lowest BCUT2D eigenvalue weighted by Gasteiger charge is -2.10. The number of aromatic nitrogens is 1. The minimum atomic E-state index is -0.822. The number of aliphatic carboxylic acids is 1. The van der Waals surface area contributed by atoms with Crippen molar-refractivity contribution in [3.8, 4) is 11.1 Å². The standard InChI is InChI=1S/C19H16N2OS.C3H7NO2.C3H8S.CH2O/c1-14-9-10-16(12-18(14)15-6-3-2-4-7-15)21-19(22)23-17-8-5-11-20-13-17;1-4-2-3(5)6;1-3-4-2;1-2/h2-13H,1H3,(H,21,22);4H,2H2,1H3,(H,5,6);3H2,1-2H3;1H2. The molecule has 3 rings (SSSR count). The summed E-state index contributed by atoms with van der Waals surface area (Å²) in [6.45, 7) is 6.25. The number of thioether (sulfide) groups is 2. The zero-order valence-electron chi connectivity index (χ0n) is 20.5. The molecular formula is C26H33N3O4S2. The van der Waals surface area contributed by atoms with Crippen molar-refractivity contribution in [1.29, 1.82) is 0 Å². The van der Waals surface area contributed by atoms with Crippen molar-refractivity contribution in [2.45, 2.75) is 18.7 Å². The molecule has 0 radical (unpaired) electrons. The van der Waals surface area contributed by atoms with E-state index in [9.17, 15) is 9.59 Å². The fourth-order valence-electron chi connectivity index (χ4n) is 2.44. The molecule has 0 unspecified atom stereocenters. The van der Waals surface area contributed by atoms with E-state index >= 15 is 0 Å². The number of carboxylic acids is 1. The van der Waals surface area contributed by atoms with Crippen LogP contribution in [0.15, 0.2) is 78.0 Å². The summed E-state index contributed by atoms with van der Waals surface area (Å²) in [5, 5.41) is 13.1. The van der Waals surface area contributed by atoms with Crippen LogP contribution in [0.1, 0.15) is 12.5 Å². The Bertz CT molecular complexity index is 988. The van der Waals surface area contributed by atoms with Crippen molar-refractivity contribution in [1.82, 2.24) is 10.3 Å². The maximum atomic E-state index is 12.1. The van der Waals surface area contributed by atoms with Gasteiger partial charge in [0.1, 0.15) is 6.79 Å². The van der Waals surface area contributed by atoms with Gasteiger partial charge in [-0.2, -0.15) is 11.8 Å². The number of likely N-dealkylation sites (N-methyl/N-ethyl adjacent to an activating group) is 1. The third-order valence-electron chi connectivity index (χ3n) is 4.03. The molecule has 1 amide bonds. The number of anilines is 1. The van der Waals surface area contributed by atoms with Crippen molar-refractivity contribution in [3.63, 3.8) is 0 Å². The Balaban J connectivity index is 0.000000810. The van der Waals surface area contributed by atoms with E-state index in [0.717, 1.165) is 33.5 Å². The molecule has 3 aromatic rings. The average Bonchev–Trinajstić information content (AvgIpc) is 2.88. The van der Waals surface area contributed by atoms with Crippen LogP contribution < -0.4 is 10.6 Å². The van der Waals surface area contributed by atoms with E-state index in [1.165, 1.54) is 11.3 Å². The highest BCUT2D eigenvalue weighted by molar-refractivity contribution is 8.13. The number of hydrogen-bond donors (Lipinski definition) is 3. The molecule has 1 aromatic heterocycles. The summed E-state index contributed by atoms with van der Waals surface area (Å²) >= 11 is 2.99. The highest BCUT2D eigenvalue weighted by Gasteiger charge is 2.08. The van der Waals surface area contributed by atoms with E-state index in [1.807, 2.05) is 67.1 Å². The molecule has 0 aliphatic carbocycles. The van der Waals surface area contributed by atoms with E-state index in [-0.39, 0.29) is 11.8 Å². The number of amides is 1. The van der Waals surface area contributed by atoms with Crippen molar-refractivity contribution in [3.05, 3.63) is 78.6 Å². The largest absolute Gasteiger partial charge is 0.480 e. The smallest absolute Gasteiger partial charge is 0.317 e. The van der Waals surface area contributed by atoms with Gasteiger partial charge in [-0.25, -0.2) is 0 Å². The molecule has 35 heavy (non-hydrogen) atoms. The van der Waals surface area contributed by atoms with Gasteiger partial charge in [0.15, 0.2) is 0 Å². The minimum Gasteiger partial charge on any atom is -0.480 e. The normalized spacial score (nSPS) is 9.14. The van der Waals surface area contributed by atoms with Crippen molar-refractivity contribution in [2.75, 3.05) is 30.9 Å². The van der Waals surface area contributed by atoms with Gasteiger partial charge < -0.3 is 20.5 Å². The number of carboxylic acid groups (broad SMARTS) is 1. The Kier molecular flexibility index (Phi) is 18.4. The molecule has 0 saturated carbocycles. The van der Waals surface area contributed by atoms with Crippen LogP contribution in [0.5, 0.6) is 0 Å². The highest BCUT2D eigenvalue weighted by Crippen LogP contribution is 2.27. The van der Waals surface area contributed by atoms with E-state index in [0.29, 0.717) is 0 Å². The van der Waals surface area contributed by atoms with Crippen LogP contribution in [-0.2, 0) is 9.59 Å². The predicted octanol–water partition coefficient (Wildman–Crippen LogP) is 5.86. The molecule has 0 fully saturated rings. The van der Waals surface area contributed by atoms with E-state index in [2.05, 4.69) is 47.9 Å². The summed E-state index contributed by atoms with van der Waals surface area (Å²) in [5.41, 5.74) is 4.22. The topological polar surface area (TPSA) is 108 Å². The Hall–Kier alpha value is -3.14. The SMILES string of the molecule is C=O.CCSC.CNCC(=O)O.Cc1ccc(NC(=O)Sc2cccnc2)cc1-c1ccccc1. The van der Waals surface area contributed by atoms with Crippen LogP contribution in [0.3, 0.4) is 0 Å². The first kappa shape index (κ1) is 31.9. The second kappa shape index (κ2) is 20.3. The minimum absolute atomic E-state index is 0.0417. The molecule has 2 aromatic carbocycles. The van der Waals surface area contributed by atoms with E-state index < -0.39 is 5.97 Å². The predicted molar refractivity (Wildman–Crippen MR) is 148 cm³/mol. The van der Waals surface area contributed by atoms with Gasteiger partial charge in [-0.15, -0.1) is 0 Å². The first-order valence-electron chi connectivity index (χ1n) is 10.6. The van der Waals surface area contributed by atoms with Crippen LogP contribution in [0.4, 0.5) is 10.5 Å². The van der Waals surface area contributed by atoms with Gasteiger partial charge >= 0.3 is 5.97 Å². The molecule has 7 nitrogen and oxygen atoms in total. The van der Waals surface area contributed by atoms with Crippen LogP contribution in [-0.4, -0.2) is 53.7 Å². The maximum Gasteiger partial charge on any atom is 0.317 e. The Morgan fingerprint density at radius 1 is 1.06 bits per heavy atom. The van der Waals surface area contributed by atoms with Gasteiger partial charge in [-0.1, -0.05) is 43.3 Å². The lowest BCUT2D eigenvalue weighted by molar-refractivity contribution is -0.135. The van der Waals surface area contributed by atoms with Gasteiger partial charge in [0.2, 0.25) is 0 Å². The Morgan fingerprint density at radius 3 is 2.20 bits per heavy atom. The molecule has 9 heteroatoms. The molecule has 0 aliphatic rings. The number of hydrogen-bond acceptors (Lipinski definition) is 7. The van der Waals surface area contributed by atoms with Crippen LogP contribution in [0.2, 0.25) is 0 Å².